The second-order valence-electron chi connectivity index (χ2n) is 4.96. The predicted molar refractivity (Wildman–Crippen MR) is 72.3 cm³/mol. The molecule has 90 valence electrons. The average molecular weight is 294 g/mol. The van der Waals surface area contributed by atoms with Crippen molar-refractivity contribution in [3.8, 4) is 0 Å². The Kier molecular flexibility index (Phi) is 2.95. The van der Waals surface area contributed by atoms with E-state index in [1.807, 2.05) is 6.07 Å². The fourth-order valence-corrected chi connectivity index (χ4v) is 3.26. The summed E-state index contributed by atoms with van der Waals surface area (Å²) in [6.07, 6.45) is 6.44. The number of aryl methyl sites for hydroxylation is 1. The van der Waals surface area contributed by atoms with Crippen molar-refractivity contribution in [2.75, 3.05) is 0 Å². The van der Waals surface area contributed by atoms with Crippen molar-refractivity contribution in [1.82, 2.24) is 4.98 Å². The minimum atomic E-state index is 0.536. The molecule has 2 nitrogen and oxygen atoms in total. The van der Waals surface area contributed by atoms with Gasteiger partial charge in [0, 0.05) is 10.4 Å². The van der Waals surface area contributed by atoms with E-state index in [0.717, 1.165) is 27.0 Å². The fourth-order valence-electron chi connectivity index (χ4n) is 2.70. The van der Waals surface area contributed by atoms with Gasteiger partial charge >= 0.3 is 0 Å². The van der Waals surface area contributed by atoms with Gasteiger partial charge in [-0.15, -0.1) is 0 Å². The third-order valence-electron chi connectivity index (χ3n) is 3.61. The molecule has 3 rings (SSSR count). The van der Waals surface area contributed by atoms with E-state index in [0.29, 0.717) is 5.92 Å². The molecule has 0 unspecified atom stereocenters. The lowest BCUT2D eigenvalue weighted by molar-refractivity contribution is 0.373. The van der Waals surface area contributed by atoms with Crippen LogP contribution in [0.15, 0.2) is 21.0 Å². The number of benzene rings is 1. The van der Waals surface area contributed by atoms with E-state index < -0.39 is 0 Å². The van der Waals surface area contributed by atoms with Gasteiger partial charge < -0.3 is 4.42 Å². The molecule has 1 aromatic carbocycles. The number of aromatic nitrogens is 1. The Hall–Kier alpha value is -0.830. The molecule has 1 aromatic heterocycles. The van der Waals surface area contributed by atoms with Crippen LogP contribution < -0.4 is 0 Å². The van der Waals surface area contributed by atoms with Crippen molar-refractivity contribution < 1.29 is 4.42 Å². The Morgan fingerprint density at radius 3 is 2.76 bits per heavy atom. The molecule has 0 radical (unpaired) electrons. The van der Waals surface area contributed by atoms with Gasteiger partial charge in [-0.2, -0.15) is 0 Å². The summed E-state index contributed by atoms with van der Waals surface area (Å²) in [7, 11) is 0. The summed E-state index contributed by atoms with van der Waals surface area (Å²) in [5.74, 6) is 1.48. The maximum absolute atomic E-state index is 5.96. The molecule has 0 aliphatic heterocycles. The molecule has 1 heterocycles. The number of halogens is 1. The highest BCUT2D eigenvalue weighted by molar-refractivity contribution is 9.10. The first-order chi connectivity index (χ1) is 8.24. The molecule has 0 spiro atoms. The van der Waals surface area contributed by atoms with Gasteiger partial charge in [0.25, 0.3) is 0 Å². The first-order valence-corrected chi connectivity index (χ1v) is 7.10. The quantitative estimate of drug-likeness (QED) is 0.744. The molecule has 1 fully saturated rings. The summed E-state index contributed by atoms with van der Waals surface area (Å²) in [5, 5.41) is 0. The van der Waals surface area contributed by atoms with Crippen molar-refractivity contribution in [1.29, 1.82) is 0 Å². The molecule has 0 amide bonds. The molecule has 0 N–H and O–H groups in total. The van der Waals surface area contributed by atoms with E-state index in [1.165, 1.54) is 32.1 Å². The van der Waals surface area contributed by atoms with Gasteiger partial charge in [-0.25, -0.2) is 4.98 Å². The van der Waals surface area contributed by atoms with Crippen LogP contribution in [0.2, 0.25) is 0 Å². The standard InChI is InChI=1S/C14H16BrNO/c1-9-7-11(15)8-12-13(9)17-14(16-12)10-5-3-2-4-6-10/h7-8,10H,2-6H2,1H3. The van der Waals surface area contributed by atoms with Gasteiger partial charge in [0.15, 0.2) is 11.5 Å². The minimum absolute atomic E-state index is 0.536. The number of fused-ring (bicyclic) bond motifs is 1. The molecule has 3 heteroatoms. The van der Waals surface area contributed by atoms with E-state index in [4.69, 9.17) is 4.42 Å². The smallest absolute Gasteiger partial charge is 0.198 e. The normalized spacial score (nSPS) is 17.8. The Bertz CT molecular complexity index is 540. The number of hydrogen-bond donors (Lipinski definition) is 0. The van der Waals surface area contributed by atoms with Crippen LogP contribution in [0.4, 0.5) is 0 Å². The lowest BCUT2D eigenvalue weighted by Gasteiger charge is -2.17. The molecule has 2 aromatic rings. The Balaban J connectivity index is 2.03. The monoisotopic (exact) mass is 293 g/mol. The van der Waals surface area contributed by atoms with Crippen molar-refractivity contribution in [2.45, 2.75) is 44.9 Å². The molecule has 1 saturated carbocycles. The largest absolute Gasteiger partial charge is 0.440 e. The molecule has 0 atom stereocenters. The summed E-state index contributed by atoms with van der Waals surface area (Å²) in [6.45, 7) is 2.07. The average Bonchev–Trinajstić information content (AvgIpc) is 2.74. The summed E-state index contributed by atoms with van der Waals surface area (Å²) in [6, 6.07) is 4.12. The summed E-state index contributed by atoms with van der Waals surface area (Å²) < 4.78 is 7.04. The van der Waals surface area contributed by atoms with Crippen LogP contribution in [-0.4, -0.2) is 4.98 Å². The van der Waals surface area contributed by atoms with Crippen molar-refractivity contribution in [3.63, 3.8) is 0 Å². The maximum Gasteiger partial charge on any atom is 0.198 e. The van der Waals surface area contributed by atoms with Crippen LogP contribution in [0.25, 0.3) is 11.1 Å². The summed E-state index contributed by atoms with van der Waals surface area (Å²) in [4.78, 5) is 4.66. The number of hydrogen-bond acceptors (Lipinski definition) is 2. The first-order valence-electron chi connectivity index (χ1n) is 6.30. The molecule has 1 aliphatic rings. The highest BCUT2D eigenvalue weighted by atomic mass is 79.9. The number of rotatable bonds is 1. The first kappa shape index (κ1) is 11.3. The summed E-state index contributed by atoms with van der Waals surface area (Å²) in [5.41, 5.74) is 3.09. The van der Waals surface area contributed by atoms with Crippen LogP contribution in [0.1, 0.15) is 49.5 Å². The third kappa shape index (κ3) is 2.13. The SMILES string of the molecule is Cc1cc(Br)cc2nc(C3CCCCC3)oc12. The van der Waals surface area contributed by atoms with E-state index in [9.17, 15) is 0 Å². The molecule has 0 bridgehead atoms. The zero-order chi connectivity index (χ0) is 11.8. The van der Waals surface area contributed by atoms with E-state index in [2.05, 4.69) is 33.9 Å². The van der Waals surface area contributed by atoms with Crippen molar-refractivity contribution >= 4 is 27.0 Å². The molecular weight excluding hydrogens is 278 g/mol. The van der Waals surface area contributed by atoms with Gasteiger partial charge in [0.2, 0.25) is 0 Å². The van der Waals surface area contributed by atoms with E-state index in [1.54, 1.807) is 0 Å². The Labute approximate surface area is 110 Å². The van der Waals surface area contributed by atoms with Crippen LogP contribution >= 0.6 is 15.9 Å². The maximum atomic E-state index is 5.96. The molecule has 0 saturated heterocycles. The fraction of sp³-hybridized carbons (Fsp3) is 0.500. The van der Waals surface area contributed by atoms with Gasteiger partial charge in [-0.3, -0.25) is 0 Å². The van der Waals surface area contributed by atoms with E-state index in [-0.39, 0.29) is 0 Å². The highest BCUT2D eigenvalue weighted by Crippen LogP contribution is 2.35. The predicted octanol–water partition coefficient (Wildman–Crippen LogP) is 4.95. The van der Waals surface area contributed by atoms with Crippen LogP contribution in [0.3, 0.4) is 0 Å². The third-order valence-corrected chi connectivity index (χ3v) is 4.07. The number of nitrogens with zero attached hydrogens (tertiary/aromatic N) is 1. The highest BCUT2D eigenvalue weighted by Gasteiger charge is 2.21. The van der Waals surface area contributed by atoms with Crippen LogP contribution in [0.5, 0.6) is 0 Å². The molecule has 17 heavy (non-hydrogen) atoms. The summed E-state index contributed by atoms with van der Waals surface area (Å²) >= 11 is 3.51. The van der Waals surface area contributed by atoms with Gasteiger partial charge in [0.05, 0.1) is 0 Å². The Morgan fingerprint density at radius 2 is 2.00 bits per heavy atom. The number of oxazole rings is 1. The van der Waals surface area contributed by atoms with Gasteiger partial charge in [0.1, 0.15) is 5.52 Å². The van der Waals surface area contributed by atoms with Crippen molar-refractivity contribution in [2.24, 2.45) is 0 Å². The lowest BCUT2D eigenvalue weighted by atomic mass is 9.89. The lowest BCUT2D eigenvalue weighted by Crippen LogP contribution is -2.04. The van der Waals surface area contributed by atoms with Crippen LogP contribution in [0, 0.1) is 6.92 Å². The van der Waals surface area contributed by atoms with Gasteiger partial charge in [-0.1, -0.05) is 35.2 Å². The van der Waals surface area contributed by atoms with E-state index >= 15 is 0 Å². The second-order valence-corrected chi connectivity index (χ2v) is 5.87. The second kappa shape index (κ2) is 4.45. The minimum Gasteiger partial charge on any atom is -0.440 e. The Morgan fingerprint density at radius 1 is 1.24 bits per heavy atom. The van der Waals surface area contributed by atoms with Crippen LogP contribution in [-0.2, 0) is 0 Å². The van der Waals surface area contributed by atoms with Crippen molar-refractivity contribution in [3.05, 3.63) is 28.1 Å². The topological polar surface area (TPSA) is 26.0 Å². The van der Waals surface area contributed by atoms with Gasteiger partial charge in [-0.05, 0) is 37.5 Å². The molecular formula is C14H16BrNO. The molecule has 1 aliphatic carbocycles. The zero-order valence-corrected chi connectivity index (χ0v) is 11.6. The zero-order valence-electron chi connectivity index (χ0n) is 10.0.